The van der Waals surface area contributed by atoms with Crippen molar-refractivity contribution < 1.29 is 23.9 Å². The monoisotopic (exact) mass is 570 g/mol. The molecule has 8 nitrogen and oxygen atoms in total. The Morgan fingerprint density at radius 1 is 1.15 bits per heavy atom. The minimum atomic E-state index is -0.571. The topological polar surface area (TPSA) is 100 Å². The van der Waals surface area contributed by atoms with Crippen LogP contribution in [0.25, 0.3) is 6.08 Å². The number of hydrogen-bond acceptors (Lipinski definition) is 7. The van der Waals surface area contributed by atoms with Crippen molar-refractivity contribution in [2.75, 3.05) is 7.11 Å². The number of aryl methyl sites for hydroxylation is 1. The van der Waals surface area contributed by atoms with Crippen LogP contribution < -0.4 is 9.47 Å². The van der Waals surface area contributed by atoms with Crippen LogP contribution in [0.3, 0.4) is 0 Å². The van der Waals surface area contributed by atoms with Crippen molar-refractivity contribution in [2.24, 2.45) is 4.99 Å². The lowest BCUT2D eigenvalue weighted by atomic mass is 10.1. The summed E-state index contributed by atoms with van der Waals surface area (Å²) in [4.78, 5) is 27.5. The van der Waals surface area contributed by atoms with Crippen molar-refractivity contribution in [3.8, 4) is 11.5 Å². The molecule has 0 saturated heterocycles. The molecular formula is C25H19IN2O6. The lowest BCUT2D eigenvalue weighted by Gasteiger charge is -2.13. The fourth-order valence-electron chi connectivity index (χ4n) is 3.33. The van der Waals surface area contributed by atoms with E-state index in [0.717, 1.165) is 9.13 Å². The second-order valence-corrected chi connectivity index (χ2v) is 8.56. The molecule has 3 aromatic carbocycles. The van der Waals surface area contributed by atoms with E-state index in [4.69, 9.17) is 14.2 Å². The number of hydrogen-bond donors (Lipinski definition) is 0. The summed E-state index contributed by atoms with van der Waals surface area (Å²) in [6.45, 7) is 2.04. The molecule has 4 rings (SSSR count). The predicted molar refractivity (Wildman–Crippen MR) is 135 cm³/mol. The Labute approximate surface area is 209 Å². The van der Waals surface area contributed by atoms with E-state index in [1.807, 2.05) is 25.1 Å². The smallest absolute Gasteiger partial charge is 0.363 e. The molecule has 0 spiro atoms. The average Bonchev–Trinajstić information content (AvgIpc) is 3.20. The molecule has 1 heterocycles. The van der Waals surface area contributed by atoms with Crippen LogP contribution in [-0.2, 0) is 16.1 Å². The fourth-order valence-corrected chi connectivity index (χ4v) is 3.67. The number of nitro benzene ring substituents is 1. The number of nitro groups is 1. The Balaban J connectivity index is 1.65. The molecular weight excluding hydrogens is 551 g/mol. The van der Waals surface area contributed by atoms with E-state index in [2.05, 4.69) is 27.6 Å². The van der Waals surface area contributed by atoms with Crippen molar-refractivity contribution in [1.82, 2.24) is 0 Å². The van der Waals surface area contributed by atoms with Crippen LogP contribution in [0.5, 0.6) is 11.5 Å². The maximum atomic E-state index is 12.5. The zero-order chi connectivity index (χ0) is 24.2. The third kappa shape index (κ3) is 5.09. The van der Waals surface area contributed by atoms with Gasteiger partial charge in [-0.15, -0.1) is 0 Å². The van der Waals surface area contributed by atoms with Crippen molar-refractivity contribution in [3.05, 3.63) is 102 Å². The second-order valence-electron chi connectivity index (χ2n) is 7.39. The highest BCUT2D eigenvalue weighted by molar-refractivity contribution is 14.1. The number of non-ortho nitro benzene ring substituents is 1. The number of rotatable bonds is 7. The Bertz CT molecular complexity index is 1350. The first-order valence-electron chi connectivity index (χ1n) is 10.2. The molecule has 172 valence electrons. The second kappa shape index (κ2) is 10.0. The number of halogens is 1. The molecule has 9 heteroatoms. The van der Waals surface area contributed by atoms with Crippen LogP contribution in [0.15, 0.2) is 71.4 Å². The number of methoxy groups -OCH3 is 1. The molecule has 0 aliphatic carbocycles. The summed E-state index contributed by atoms with van der Waals surface area (Å²) in [5.74, 6) is 0.491. The van der Waals surface area contributed by atoms with Crippen LogP contribution in [-0.4, -0.2) is 23.9 Å². The molecule has 0 aromatic heterocycles. The Morgan fingerprint density at radius 3 is 2.68 bits per heavy atom. The Hall–Kier alpha value is -3.73. The highest BCUT2D eigenvalue weighted by Crippen LogP contribution is 2.34. The number of cyclic esters (lactones) is 1. The summed E-state index contributed by atoms with van der Waals surface area (Å²) in [6, 6.07) is 17.1. The minimum absolute atomic E-state index is 0.0233. The summed E-state index contributed by atoms with van der Waals surface area (Å²) in [6.07, 6.45) is 1.57. The summed E-state index contributed by atoms with van der Waals surface area (Å²) in [5, 5.41) is 11.1. The number of carbonyl (C=O) groups excluding carboxylic acids is 1. The maximum Gasteiger partial charge on any atom is 0.363 e. The highest BCUT2D eigenvalue weighted by atomic mass is 127. The first kappa shape index (κ1) is 23.4. The van der Waals surface area contributed by atoms with Crippen molar-refractivity contribution >= 4 is 46.2 Å². The minimum Gasteiger partial charge on any atom is -0.493 e. The van der Waals surface area contributed by atoms with Gasteiger partial charge in [0.2, 0.25) is 5.90 Å². The Morgan fingerprint density at radius 2 is 1.94 bits per heavy atom. The van der Waals surface area contributed by atoms with Gasteiger partial charge in [-0.2, -0.15) is 0 Å². The quantitative estimate of drug-likeness (QED) is 0.123. The van der Waals surface area contributed by atoms with Gasteiger partial charge in [-0.3, -0.25) is 10.1 Å². The molecule has 3 aromatic rings. The number of ether oxygens (including phenoxy) is 3. The molecule has 1 aliphatic rings. The summed E-state index contributed by atoms with van der Waals surface area (Å²) in [5.41, 5.74) is 3.04. The molecule has 34 heavy (non-hydrogen) atoms. The van der Waals surface area contributed by atoms with Crippen LogP contribution in [0.1, 0.15) is 22.3 Å². The zero-order valence-electron chi connectivity index (χ0n) is 18.3. The molecule has 0 radical (unpaired) electrons. The summed E-state index contributed by atoms with van der Waals surface area (Å²) < 4.78 is 17.9. The van der Waals surface area contributed by atoms with Gasteiger partial charge in [0.05, 0.1) is 12.0 Å². The molecule has 0 unspecified atom stereocenters. The largest absolute Gasteiger partial charge is 0.493 e. The maximum absolute atomic E-state index is 12.5. The van der Waals surface area contributed by atoms with Crippen LogP contribution >= 0.6 is 22.6 Å². The van der Waals surface area contributed by atoms with Gasteiger partial charge in [-0.25, -0.2) is 9.79 Å². The SMILES string of the molecule is COc1cccc(/C=C2\N=C(c3ccc(I)c(C)c3)OC2=O)c1OCc1cccc([N+](=O)[O-])c1. The lowest BCUT2D eigenvalue weighted by Crippen LogP contribution is -2.06. The molecule has 0 atom stereocenters. The van der Waals surface area contributed by atoms with Crippen molar-refractivity contribution in [1.29, 1.82) is 0 Å². The number of benzene rings is 3. The van der Waals surface area contributed by atoms with Crippen LogP contribution in [0.4, 0.5) is 5.69 Å². The van der Waals surface area contributed by atoms with Crippen molar-refractivity contribution in [3.63, 3.8) is 0 Å². The van der Waals surface area contributed by atoms with Gasteiger partial charge >= 0.3 is 5.97 Å². The highest BCUT2D eigenvalue weighted by Gasteiger charge is 2.25. The van der Waals surface area contributed by atoms with Gasteiger partial charge in [0.15, 0.2) is 17.2 Å². The normalized spacial score (nSPS) is 14.0. The van der Waals surface area contributed by atoms with E-state index >= 15 is 0 Å². The van der Waals surface area contributed by atoms with Gasteiger partial charge < -0.3 is 14.2 Å². The molecule has 0 fully saturated rings. The summed E-state index contributed by atoms with van der Waals surface area (Å²) in [7, 11) is 1.51. The third-order valence-corrected chi connectivity index (χ3v) is 6.26. The number of carbonyl (C=O) groups is 1. The predicted octanol–water partition coefficient (Wildman–Crippen LogP) is 5.44. The van der Waals surface area contributed by atoms with Gasteiger partial charge in [0, 0.05) is 26.8 Å². The van der Waals surface area contributed by atoms with Gasteiger partial charge in [-0.1, -0.05) is 24.3 Å². The first-order chi connectivity index (χ1) is 16.4. The molecule has 0 N–H and O–H groups in total. The third-order valence-electron chi connectivity index (χ3n) is 5.05. The van der Waals surface area contributed by atoms with E-state index in [9.17, 15) is 14.9 Å². The number of para-hydroxylation sites is 1. The van der Waals surface area contributed by atoms with Crippen molar-refractivity contribution in [2.45, 2.75) is 13.5 Å². The van der Waals surface area contributed by atoms with Crippen LogP contribution in [0, 0.1) is 20.6 Å². The van der Waals surface area contributed by atoms with E-state index < -0.39 is 10.9 Å². The Kier molecular flexibility index (Phi) is 6.92. The fraction of sp³-hybridized carbons (Fsp3) is 0.120. The lowest BCUT2D eigenvalue weighted by molar-refractivity contribution is -0.384. The van der Waals surface area contributed by atoms with E-state index in [1.54, 1.807) is 36.4 Å². The first-order valence-corrected chi connectivity index (χ1v) is 11.3. The average molecular weight is 570 g/mol. The molecule has 0 amide bonds. The number of aliphatic imine (C=N–C) groups is 1. The van der Waals surface area contributed by atoms with Gasteiger partial charge in [0.1, 0.15) is 6.61 Å². The molecule has 0 bridgehead atoms. The van der Waals surface area contributed by atoms with E-state index in [1.165, 1.54) is 19.2 Å². The van der Waals surface area contributed by atoms with Crippen LogP contribution in [0.2, 0.25) is 0 Å². The standard InChI is InChI=1S/C25H19IN2O6/c1-15-11-18(9-10-20(15)26)24-27-21(25(29)34-24)13-17-6-4-8-22(32-2)23(17)33-14-16-5-3-7-19(12-16)28(30)31/h3-13H,14H2,1-2H3/b21-13-. The zero-order valence-corrected chi connectivity index (χ0v) is 20.4. The van der Waals surface area contributed by atoms with E-state index in [0.29, 0.717) is 28.2 Å². The molecule has 0 saturated carbocycles. The van der Waals surface area contributed by atoms with E-state index in [-0.39, 0.29) is 23.9 Å². The number of esters is 1. The number of nitrogens with zero attached hydrogens (tertiary/aromatic N) is 2. The summed E-state index contributed by atoms with van der Waals surface area (Å²) >= 11 is 2.24. The molecule has 1 aliphatic heterocycles. The van der Waals surface area contributed by atoms with Gasteiger partial charge in [-0.05, 0) is 71.0 Å². The van der Waals surface area contributed by atoms with Gasteiger partial charge in [0.25, 0.3) is 5.69 Å².